The van der Waals surface area contributed by atoms with Crippen LogP contribution in [0.2, 0.25) is 0 Å². The Morgan fingerprint density at radius 1 is 1.38 bits per heavy atom. The number of nitrogens with one attached hydrogen (secondary N) is 1. The Morgan fingerprint density at radius 2 is 2.10 bits per heavy atom. The highest BCUT2D eigenvalue weighted by Gasteiger charge is 2.13. The van der Waals surface area contributed by atoms with Crippen LogP contribution in [0.15, 0.2) is 23.3 Å². The van der Waals surface area contributed by atoms with Gasteiger partial charge in [0, 0.05) is 31.9 Å². The number of guanidine groups is 1. The van der Waals surface area contributed by atoms with Gasteiger partial charge in [-0.05, 0) is 18.9 Å². The predicted octanol–water partition coefficient (Wildman–Crippen LogP) is 2.50. The van der Waals surface area contributed by atoms with E-state index < -0.39 is 0 Å². The Kier molecular flexibility index (Phi) is 7.77. The van der Waals surface area contributed by atoms with E-state index in [-0.39, 0.29) is 24.0 Å². The van der Waals surface area contributed by atoms with Crippen LogP contribution < -0.4 is 16.0 Å². The third-order valence-electron chi connectivity index (χ3n) is 3.67. The number of aromatic nitrogens is 1. The molecule has 3 N–H and O–H groups in total. The van der Waals surface area contributed by atoms with Crippen molar-refractivity contribution in [3.8, 4) is 0 Å². The summed E-state index contributed by atoms with van der Waals surface area (Å²) in [6, 6.07) is 4.47. The number of halogens is 1. The van der Waals surface area contributed by atoms with Crippen molar-refractivity contribution in [1.29, 1.82) is 0 Å². The molecule has 1 fully saturated rings. The van der Waals surface area contributed by atoms with Crippen LogP contribution in [0, 0.1) is 0 Å². The number of aliphatic imine (C=N–C) groups is 1. The van der Waals surface area contributed by atoms with Gasteiger partial charge in [-0.15, -0.1) is 24.0 Å². The quantitative estimate of drug-likeness (QED) is 0.461. The number of hydrogen-bond donors (Lipinski definition) is 2. The first-order valence-electron chi connectivity index (χ1n) is 7.34. The molecule has 0 aromatic carbocycles. The van der Waals surface area contributed by atoms with Gasteiger partial charge >= 0.3 is 0 Å². The van der Waals surface area contributed by atoms with E-state index in [9.17, 15) is 0 Å². The van der Waals surface area contributed by atoms with Crippen LogP contribution in [0.5, 0.6) is 0 Å². The van der Waals surface area contributed by atoms with Gasteiger partial charge in [0.05, 0.1) is 6.54 Å². The normalized spacial score (nSPS) is 16.2. The van der Waals surface area contributed by atoms with Crippen LogP contribution >= 0.6 is 24.0 Å². The zero-order valence-corrected chi connectivity index (χ0v) is 15.2. The monoisotopic (exact) mass is 403 g/mol. The molecule has 2 rings (SSSR count). The fraction of sp³-hybridized carbons (Fsp3) is 0.600. The van der Waals surface area contributed by atoms with Crippen molar-refractivity contribution in [2.45, 2.75) is 44.7 Å². The molecule has 1 aromatic rings. The molecule has 0 spiro atoms. The molecule has 0 aliphatic heterocycles. The van der Waals surface area contributed by atoms with Crippen molar-refractivity contribution in [1.82, 2.24) is 10.3 Å². The highest BCUT2D eigenvalue weighted by atomic mass is 127. The Hall–Kier alpha value is -1.05. The Bertz CT molecular complexity index is 455. The third-order valence-corrected chi connectivity index (χ3v) is 3.67. The minimum Gasteiger partial charge on any atom is -0.370 e. The van der Waals surface area contributed by atoms with Crippen molar-refractivity contribution in [2.75, 3.05) is 19.0 Å². The maximum Gasteiger partial charge on any atom is 0.189 e. The first kappa shape index (κ1) is 18.0. The summed E-state index contributed by atoms with van der Waals surface area (Å²) in [6.07, 6.45) is 8.12. The van der Waals surface area contributed by atoms with Gasteiger partial charge in [0.2, 0.25) is 0 Å². The van der Waals surface area contributed by atoms with Crippen LogP contribution in [0.4, 0.5) is 5.82 Å². The Balaban J connectivity index is 0.00000220. The average molecular weight is 403 g/mol. The van der Waals surface area contributed by atoms with Crippen molar-refractivity contribution in [3.63, 3.8) is 0 Å². The smallest absolute Gasteiger partial charge is 0.189 e. The zero-order valence-electron chi connectivity index (χ0n) is 12.9. The first-order valence-corrected chi connectivity index (χ1v) is 7.34. The van der Waals surface area contributed by atoms with E-state index >= 15 is 0 Å². The van der Waals surface area contributed by atoms with E-state index in [0.29, 0.717) is 18.5 Å². The van der Waals surface area contributed by atoms with Crippen LogP contribution in [0.3, 0.4) is 0 Å². The van der Waals surface area contributed by atoms with Crippen LogP contribution in [0.25, 0.3) is 0 Å². The number of hydrogen-bond acceptors (Lipinski definition) is 3. The van der Waals surface area contributed by atoms with Crippen molar-refractivity contribution >= 4 is 35.8 Å². The van der Waals surface area contributed by atoms with Gasteiger partial charge in [-0.3, -0.25) is 0 Å². The van der Waals surface area contributed by atoms with E-state index in [1.165, 1.54) is 32.1 Å². The van der Waals surface area contributed by atoms with Gasteiger partial charge < -0.3 is 16.0 Å². The lowest BCUT2D eigenvalue weighted by Crippen LogP contribution is -2.41. The fourth-order valence-electron chi connectivity index (χ4n) is 2.63. The summed E-state index contributed by atoms with van der Waals surface area (Å²) in [5.41, 5.74) is 7.07. The maximum absolute atomic E-state index is 5.98. The first-order chi connectivity index (χ1) is 9.66. The van der Waals surface area contributed by atoms with Crippen LogP contribution in [-0.2, 0) is 6.54 Å². The molecular formula is C15H26IN5. The summed E-state index contributed by atoms with van der Waals surface area (Å²) in [5.74, 6) is 1.49. The van der Waals surface area contributed by atoms with Crippen LogP contribution in [0.1, 0.15) is 37.7 Å². The number of rotatable bonds is 4. The minimum absolute atomic E-state index is 0. The molecule has 1 aliphatic carbocycles. The second-order valence-electron chi connectivity index (χ2n) is 5.56. The largest absolute Gasteiger partial charge is 0.370 e. The number of anilines is 1. The Morgan fingerprint density at radius 3 is 2.76 bits per heavy atom. The van der Waals surface area contributed by atoms with Gasteiger partial charge in [-0.25, -0.2) is 9.98 Å². The van der Waals surface area contributed by atoms with Gasteiger partial charge in [0.1, 0.15) is 5.82 Å². The molecule has 1 saturated carbocycles. The molecule has 1 heterocycles. The van der Waals surface area contributed by atoms with Gasteiger partial charge in [0.25, 0.3) is 0 Å². The molecule has 1 aliphatic rings. The summed E-state index contributed by atoms with van der Waals surface area (Å²) in [4.78, 5) is 10.8. The van der Waals surface area contributed by atoms with Gasteiger partial charge in [0.15, 0.2) is 5.96 Å². The molecule has 118 valence electrons. The number of nitrogens with zero attached hydrogens (tertiary/aromatic N) is 3. The summed E-state index contributed by atoms with van der Waals surface area (Å²) in [6.45, 7) is 0.562. The molecule has 0 amide bonds. The van der Waals surface area contributed by atoms with Crippen LogP contribution in [-0.4, -0.2) is 31.1 Å². The van der Waals surface area contributed by atoms with E-state index in [0.717, 1.165) is 11.4 Å². The molecular weight excluding hydrogens is 377 g/mol. The fourth-order valence-corrected chi connectivity index (χ4v) is 2.63. The average Bonchev–Trinajstić information content (AvgIpc) is 2.46. The van der Waals surface area contributed by atoms with E-state index in [1.807, 2.05) is 31.1 Å². The maximum atomic E-state index is 5.98. The zero-order chi connectivity index (χ0) is 14.4. The second kappa shape index (κ2) is 9.07. The van der Waals surface area contributed by atoms with Crippen molar-refractivity contribution < 1.29 is 0 Å². The summed E-state index contributed by atoms with van der Waals surface area (Å²) < 4.78 is 0. The van der Waals surface area contributed by atoms with Gasteiger partial charge in [-0.2, -0.15) is 0 Å². The van der Waals surface area contributed by atoms with Crippen molar-refractivity contribution in [2.24, 2.45) is 10.7 Å². The molecule has 0 unspecified atom stereocenters. The van der Waals surface area contributed by atoms with Crippen molar-refractivity contribution in [3.05, 3.63) is 23.9 Å². The minimum atomic E-state index is 0. The van der Waals surface area contributed by atoms with E-state index in [2.05, 4.69) is 15.3 Å². The molecule has 6 heteroatoms. The molecule has 0 atom stereocenters. The molecule has 21 heavy (non-hydrogen) atoms. The predicted molar refractivity (Wildman–Crippen MR) is 99.3 cm³/mol. The molecule has 1 aromatic heterocycles. The Labute approximate surface area is 144 Å². The SMILES string of the molecule is CN(C)c1ncccc1CN=C(N)NC1CCCCC1.I. The highest BCUT2D eigenvalue weighted by molar-refractivity contribution is 14.0. The molecule has 0 saturated heterocycles. The number of pyridine rings is 1. The lowest BCUT2D eigenvalue weighted by Gasteiger charge is -2.23. The third kappa shape index (κ3) is 5.68. The molecule has 0 radical (unpaired) electrons. The van der Waals surface area contributed by atoms with E-state index in [4.69, 9.17) is 5.73 Å². The summed E-state index contributed by atoms with van der Waals surface area (Å²) >= 11 is 0. The standard InChI is InChI=1S/C15H25N5.HI/c1-20(2)14-12(7-6-10-17-14)11-18-15(16)19-13-8-4-3-5-9-13;/h6-7,10,13H,3-5,8-9,11H2,1-2H3,(H3,16,18,19);1H. The highest BCUT2D eigenvalue weighted by Crippen LogP contribution is 2.17. The lowest BCUT2D eigenvalue weighted by atomic mass is 9.96. The lowest BCUT2D eigenvalue weighted by molar-refractivity contribution is 0.412. The topological polar surface area (TPSA) is 66.5 Å². The van der Waals surface area contributed by atoms with Gasteiger partial charge in [-0.1, -0.05) is 25.3 Å². The molecule has 5 nitrogen and oxygen atoms in total. The number of nitrogens with two attached hydrogens (primary N) is 1. The second-order valence-corrected chi connectivity index (χ2v) is 5.56. The molecule has 0 bridgehead atoms. The summed E-state index contributed by atoms with van der Waals surface area (Å²) in [5, 5.41) is 3.33. The summed E-state index contributed by atoms with van der Waals surface area (Å²) in [7, 11) is 3.97. The van der Waals surface area contributed by atoms with E-state index in [1.54, 1.807) is 6.20 Å².